The van der Waals surface area contributed by atoms with Gasteiger partial charge in [0.25, 0.3) is 0 Å². The largest absolute Gasteiger partial charge is 0.471 e. The lowest BCUT2D eigenvalue weighted by atomic mass is 9.99. The van der Waals surface area contributed by atoms with E-state index in [0.29, 0.717) is 17.8 Å². The number of carbonyl (C=O) groups excluding carboxylic acids is 1. The highest BCUT2D eigenvalue weighted by molar-refractivity contribution is 7.15. The van der Waals surface area contributed by atoms with Crippen LogP contribution in [0.5, 0.6) is 0 Å². The Labute approximate surface area is 105 Å². The van der Waals surface area contributed by atoms with E-state index in [9.17, 15) is 18.0 Å². The molecule has 1 aromatic heterocycles. The highest BCUT2D eigenvalue weighted by Crippen LogP contribution is 2.31. The fourth-order valence-corrected chi connectivity index (χ4v) is 2.69. The summed E-state index contributed by atoms with van der Waals surface area (Å²) >= 11 is 1.15. The molecule has 1 aliphatic heterocycles. The third-order valence-corrected chi connectivity index (χ3v) is 3.67. The lowest BCUT2D eigenvalue weighted by Crippen LogP contribution is -2.45. The van der Waals surface area contributed by atoms with Crippen molar-refractivity contribution in [2.75, 3.05) is 18.8 Å². The van der Waals surface area contributed by atoms with Gasteiger partial charge in [0.05, 0.1) is 0 Å². The number of nitrogen functional groups attached to an aromatic ring is 1. The molecule has 0 unspecified atom stereocenters. The van der Waals surface area contributed by atoms with Crippen molar-refractivity contribution in [3.05, 3.63) is 5.01 Å². The van der Waals surface area contributed by atoms with Crippen molar-refractivity contribution in [2.45, 2.75) is 24.9 Å². The van der Waals surface area contributed by atoms with Crippen molar-refractivity contribution in [1.29, 1.82) is 0 Å². The molecule has 18 heavy (non-hydrogen) atoms. The number of halogens is 3. The van der Waals surface area contributed by atoms with E-state index in [1.165, 1.54) is 0 Å². The lowest BCUT2D eigenvalue weighted by molar-refractivity contribution is -0.186. The molecule has 1 saturated heterocycles. The second-order valence-corrected chi connectivity index (χ2v) is 5.11. The SMILES string of the molecule is Nc1nnc([C@@H]2CCCN(C(=O)C(F)(F)F)C2)s1. The molecule has 2 heterocycles. The maximum absolute atomic E-state index is 12.3. The van der Waals surface area contributed by atoms with Crippen LogP contribution in [0.25, 0.3) is 0 Å². The molecule has 1 aromatic rings. The van der Waals surface area contributed by atoms with Crippen LogP contribution in [0.3, 0.4) is 0 Å². The van der Waals surface area contributed by atoms with E-state index in [4.69, 9.17) is 5.73 Å². The van der Waals surface area contributed by atoms with Gasteiger partial charge in [0.15, 0.2) is 0 Å². The van der Waals surface area contributed by atoms with Gasteiger partial charge in [-0.05, 0) is 12.8 Å². The number of carbonyl (C=O) groups is 1. The Hall–Kier alpha value is -1.38. The monoisotopic (exact) mass is 280 g/mol. The maximum Gasteiger partial charge on any atom is 0.471 e. The zero-order valence-electron chi connectivity index (χ0n) is 9.28. The minimum atomic E-state index is -4.82. The van der Waals surface area contributed by atoms with Crippen molar-refractivity contribution in [2.24, 2.45) is 0 Å². The maximum atomic E-state index is 12.3. The highest BCUT2D eigenvalue weighted by atomic mass is 32.1. The summed E-state index contributed by atoms with van der Waals surface area (Å²) in [6.07, 6.45) is -3.61. The molecular formula is C9H11F3N4OS. The molecule has 1 aliphatic rings. The van der Waals surface area contributed by atoms with Gasteiger partial charge in [0.2, 0.25) is 5.13 Å². The van der Waals surface area contributed by atoms with E-state index < -0.39 is 12.1 Å². The number of aromatic nitrogens is 2. The topological polar surface area (TPSA) is 72.1 Å². The smallest absolute Gasteiger partial charge is 0.374 e. The molecule has 0 aliphatic carbocycles. The zero-order chi connectivity index (χ0) is 13.3. The van der Waals surface area contributed by atoms with Gasteiger partial charge < -0.3 is 10.6 Å². The van der Waals surface area contributed by atoms with Crippen molar-refractivity contribution < 1.29 is 18.0 Å². The van der Waals surface area contributed by atoms with Crippen LogP contribution < -0.4 is 5.73 Å². The number of hydrogen-bond donors (Lipinski definition) is 1. The Morgan fingerprint density at radius 1 is 1.44 bits per heavy atom. The van der Waals surface area contributed by atoms with E-state index >= 15 is 0 Å². The molecule has 0 bridgehead atoms. The van der Waals surface area contributed by atoms with E-state index in [-0.39, 0.29) is 24.1 Å². The first-order valence-corrected chi connectivity index (χ1v) is 6.14. The number of nitrogens with zero attached hydrogens (tertiary/aromatic N) is 3. The van der Waals surface area contributed by atoms with E-state index in [0.717, 1.165) is 16.2 Å². The number of rotatable bonds is 1. The average molecular weight is 280 g/mol. The number of nitrogens with two attached hydrogens (primary N) is 1. The molecule has 9 heteroatoms. The van der Waals surface area contributed by atoms with Gasteiger partial charge in [-0.1, -0.05) is 11.3 Å². The molecule has 100 valence electrons. The molecule has 2 N–H and O–H groups in total. The third kappa shape index (κ3) is 2.71. The first-order valence-electron chi connectivity index (χ1n) is 5.33. The van der Waals surface area contributed by atoms with Gasteiger partial charge >= 0.3 is 12.1 Å². The summed E-state index contributed by atoms with van der Waals surface area (Å²) < 4.78 is 37.0. The summed E-state index contributed by atoms with van der Waals surface area (Å²) in [4.78, 5) is 12.0. The second kappa shape index (κ2) is 4.71. The molecule has 0 aromatic carbocycles. The molecule has 0 radical (unpaired) electrons. The average Bonchev–Trinajstić information content (AvgIpc) is 2.74. The molecular weight excluding hydrogens is 269 g/mol. The summed E-state index contributed by atoms with van der Waals surface area (Å²) in [5.74, 6) is -2.00. The Morgan fingerprint density at radius 2 is 2.17 bits per heavy atom. The van der Waals surface area contributed by atoms with E-state index in [2.05, 4.69) is 10.2 Å². The van der Waals surface area contributed by atoms with Crippen LogP contribution in [-0.4, -0.2) is 40.3 Å². The van der Waals surface area contributed by atoms with Crippen LogP contribution in [0.4, 0.5) is 18.3 Å². The number of likely N-dealkylation sites (tertiary alicyclic amines) is 1. The molecule has 0 spiro atoms. The molecule has 1 fully saturated rings. The quantitative estimate of drug-likeness (QED) is 0.843. The van der Waals surface area contributed by atoms with Gasteiger partial charge in [-0.2, -0.15) is 13.2 Å². The van der Waals surface area contributed by atoms with Crippen LogP contribution >= 0.6 is 11.3 Å². The normalized spacial score (nSPS) is 21.1. The Kier molecular flexibility index (Phi) is 3.42. The predicted octanol–water partition coefficient (Wildman–Crippen LogP) is 1.39. The predicted molar refractivity (Wildman–Crippen MR) is 58.9 cm³/mol. The van der Waals surface area contributed by atoms with Gasteiger partial charge in [-0.3, -0.25) is 4.79 Å². The van der Waals surface area contributed by atoms with Gasteiger partial charge in [-0.15, -0.1) is 10.2 Å². The zero-order valence-corrected chi connectivity index (χ0v) is 10.1. The van der Waals surface area contributed by atoms with Crippen LogP contribution in [0.2, 0.25) is 0 Å². The van der Waals surface area contributed by atoms with Gasteiger partial charge in [-0.25, -0.2) is 0 Å². The Balaban J connectivity index is 2.07. The van der Waals surface area contributed by atoms with Crippen molar-refractivity contribution in [3.63, 3.8) is 0 Å². The van der Waals surface area contributed by atoms with Crippen molar-refractivity contribution in [1.82, 2.24) is 15.1 Å². The molecule has 2 rings (SSSR count). The summed E-state index contributed by atoms with van der Waals surface area (Å²) in [5, 5.41) is 8.32. The standard InChI is InChI=1S/C9H11F3N4OS/c10-9(11,12)7(17)16-3-1-2-5(4-16)6-14-15-8(13)18-6/h5H,1-4H2,(H2,13,15)/t5-/m1/s1. The van der Waals surface area contributed by atoms with Crippen LogP contribution in [0.15, 0.2) is 0 Å². The highest BCUT2D eigenvalue weighted by Gasteiger charge is 2.44. The number of piperidine rings is 1. The fraction of sp³-hybridized carbons (Fsp3) is 0.667. The number of hydrogen-bond acceptors (Lipinski definition) is 5. The molecule has 5 nitrogen and oxygen atoms in total. The van der Waals surface area contributed by atoms with Crippen LogP contribution in [-0.2, 0) is 4.79 Å². The van der Waals surface area contributed by atoms with Crippen LogP contribution in [0, 0.1) is 0 Å². The molecule has 1 amide bonds. The van der Waals surface area contributed by atoms with Gasteiger partial charge in [0.1, 0.15) is 5.01 Å². The summed E-state index contributed by atoms with van der Waals surface area (Å²) in [6.45, 7) is 0.149. The summed E-state index contributed by atoms with van der Waals surface area (Å²) in [6, 6.07) is 0. The lowest BCUT2D eigenvalue weighted by Gasteiger charge is -2.31. The number of anilines is 1. The molecule has 1 atom stereocenters. The van der Waals surface area contributed by atoms with E-state index in [1.54, 1.807) is 0 Å². The van der Waals surface area contributed by atoms with Crippen molar-refractivity contribution >= 4 is 22.4 Å². The minimum absolute atomic E-state index is 0.0208. The van der Waals surface area contributed by atoms with Gasteiger partial charge in [0, 0.05) is 19.0 Å². The summed E-state index contributed by atoms with van der Waals surface area (Å²) in [7, 11) is 0. The Bertz CT molecular complexity index is 447. The first kappa shape index (κ1) is 13.1. The van der Waals surface area contributed by atoms with Crippen LogP contribution in [0.1, 0.15) is 23.8 Å². The first-order chi connectivity index (χ1) is 8.38. The summed E-state index contributed by atoms with van der Waals surface area (Å²) in [5.41, 5.74) is 5.43. The number of amides is 1. The number of alkyl halides is 3. The fourth-order valence-electron chi connectivity index (χ4n) is 1.95. The second-order valence-electron chi connectivity index (χ2n) is 4.07. The molecule has 0 saturated carbocycles. The minimum Gasteiger partial charge on any atom is -0.374 e. The third-order valence-electron chi connectivity index (χ3n) is 2.76. The van der Waals surface area contributed by atoms with Crippen molar-refractivity contribution in [3.8, 4) is 0 Å². The Morgan fingerprint density at radius 3 is 2.72 bits per heavy atom. The van der Waals surface area contributed by atoms with E-state index in [1.807, 2.05) is 0 Å².